The Kier molecular flexibility index (Phi) is 4.47. The third-order valence-corrected chi connectivity index (χ3v) is 3.89. The van der Waals surface area contributed by atoms with Crippen molar-refractivity contribution in [2.45, 2.75) is 26.1 Å². The van der Waals surface area contributed by atoms with E-state index in [4.69, 9.17) is 20.9 Å². The highest BCUT2D eigenvalue weighted by Gasteiger charge is 2.30. The van der Waals surface area contributed by atoms with E-state index in [-0.39, 0.29) is 6.61 Å². The van der Waals surface area contributed by atoms with Crippen LogP contribution in [0.5, 0.6) is 0 Å². The van der Waals surface area contributed by atoms with E-state index in [9.17, 15) is 4.79 Å². The minimum Gasteiger partial charge on any atom is -0.467 e. The molecule has 0 bridgehead atoms. The lowest BCUT2D eigenvalue weighted by molar-refractivity contribution is -0.167. The molecular weight excluding hydrogens is 302 g/mol. The largest absolute Gasteiger partial charge is 0.467 e. The van der Waals surface area contributed by atoms with Gasteiger partial charge in [-0.15, -0.1) is 11.3 Å². The summed E-state index contributed by atoms with van der Waals surface area (Å²) >= 11 is 7.29. The van der Waals surface area contributed by atoms with Crippen molar-refractivity contribution in [3.63, 3.8) is 0 Å². The lowest BCUT2D eigenvalue weighted by atomic mass is 10.1. The first-order valence-corrected chi connectivity index (χ1v) is 7.05. The van der Waals surface area contributed by atoms with Crippen LogP contribution in [-0.2, 0) is 20.9 Å². The second-order valence-corrected chi connectivity index (χ2v) is 6.29. The molecule has 0 fully saturated rings. The van der Waals surface area contributed by atoms with E-state index in [2.05, 4.69) is 9.89 Å². The number of hydrogen-bond acceptors (Lipinski definition) is 6. The van der Waals surface area contributed by atoms with Gasteiger partial charge in [0.2, 0.25) is 0 Å². The number of halogens is 1. The van der Waals surface area contributed by atoms with Crippen molar-refractivity contribution in [2.24, 2.45) is 0 Å². The van der Waals surface area contributed by atoms with E-state index in [1.165, 1.54) is 18.4 Å². The molecule has 0 aliphatic carbocycles. The quantitative estimate of drug-likeness (QED) is 0.790. The number of esters is 1. The molecule has 0 saturated heterocycles. The first-order valence-electron chi connectivity index (χ1n) is 5.86. The number of nitrogens with zero attached hydrogens (tertiary/aromatic N) is 1. The number of hydrogen-bond donors (Lipinski definition) is 0. The van der Waals surface area contributed by atoms with Crippen molar-refractivity contribution in [1.29, 1.82) is 0 Å². The Morgan fingerprint density at radius 3 is 2.85 bits per heavy atom. The SMILES string of the molecule is COC(=O)C(C)(C)OCc1cc(-c2ccc(Cl)s2)no1. The van der Waals surface area contributed by atoms with E-state index < -0.39 is 11.6 Å². The fraction of sp³-hybridized carbons (Fsp3) is 0.385. The minimum atomic E-state index is -1.03. The van der Waals surface area contributed by atoms with Gasteiger partial charge >= 0.3 is 5.97 Å². The molecule has 0 amide bonds. The molecule has 2 aromatic rings. The predicted molar refractivity (Wildman–Crippen MR) is 75.7 cm³/mol. The number of rotatable bonds is 5. The first-order chi connectivity index (χ1) is 9.42. The van der Waals surface area contributed by atoms with Crippen molar-refractivity contribution < 1.29 is 18.8 Å². The number of aromatic nitrogens is 1. The van der Waals surface area contributed by atoms with Crippen molar-refractivity contribution in [3.8, 4) is 10.6 Å². The van der Waals surface area contributed by atoms with Crippen molar-refractivity contribution in [3.05, 3.63) is 28.3 Å². The van der Waals surface area contributed by atoms with Gasteiger partial charge in [0, 0.05) is 6.07 Å². The van der Waals surface area contributed by atoms with Gasteiger partial charge in [0.15, 0.2) is 11.4 Å². The van der Waals surface area contributed by atoms with Crippen molar-refractivity contribution in [2.75, 3.05) is 7.11 Å². The zero-order valence-corrected chi connectivity index (χ0v) is 12.9. The van der Waals surface area contributed by atoms with Gasteiger partial charge in [0.05, 0.1) is 16.3 Å². The Bertz CT molecular complexity index is 605. The fourth-order valence-electron chi connectivity index (χ4n) is 1.51. The summed E-state index contributed by atoms with van der Waals surface area (Å²) in [6.07, 6.45) is 0. The molecule has 2 rings (SSSR count). The number of methoxy groups -OCH3 is 1. The zero-order valence-electron chi connectivity index (χ0n) is 11.3. The molecule has 0 spiro atoms. The smallest absolute Gasteiger partial charge is 0.337 e. The Morgan fingerprint density at radius 2 is 2.25 bits per heavy atom. The average Bonchev–Trinajstić information content (AvgIpc) is 3.04. The van der Waals surface area contributed by atoms with Crippen LogP contribution in [0.2, 0.25) is 4.34 Å². The van der Waals surface area contributed by atoms with E-state index in [0.29, 0.717) is 15.8 Å². The minimum absolute atomic E-state index is 0.133. The lowest BCUT2D eigenvalue weighted by Gasteiger charge is -2.21. The summed E-state index contributed by atoms with van der Waals surface area (Å²) in [6, 6.07) is 5.43. The van der Waals surface area contributed by atoms with Crippen LogP contribution in [0.3, 0.4) is 0 Å². The highest BCUT2D eigenvalue weighted by Crippen LogP contribution is 2.30. The highest BCUT2D eigenvalue weighted by atomic mass is 35.5. The zero-order chi connectivity index (χ0) is 14.8. The molecule has 20 heavy (non-hydrogen) atoms. The van der Waals surface area contributed by atoms with E-state index in [1.54, 1.807) is 26.0 Å². The number of thiophene rings is 1. The molecule has 0 saturated carbocycles. The summed E-state index contributed by atoms with van der Waals surface area (Å²) in [5, 5.41) is 3.95. The highest BCUT2D eigenvalue weighted by molar-refractivity contribution is 7.19. The van der Waals surface area contributed by atoms with Crippen LogP contribution >= 0.6 is 22.9 Å². The van der Waals surface area contributed by atoms with Crippen molar-refractivity contribution in [1.82, 2.24) is 5.16 Å². The van der Waals surface area contributed by atoms with E-state index >= 15 is 0 Å². The maximum absolute atomic E-state index is 11.5. The van der Waals surface area contributed by atoms with Crippen LogP contribution in [0.1, 0.15) is 19.6 Å². The Balaban J connectivity index is 2.02. The molecule has 0 unspecified atom stereocenters. The summed E-state index contributed by atoms with van der Waals surface area (Å²) in [5.41, 5.74) is -0.343. The summed E-state index contributed by atoms with van der Waals surface area (Å²) < 4.78 is 16.0. The molecule has 2 aromatic heterocycles. The molecular formula is C13H14ClNO4S. The monoisotopic (exact) mass is 315 g/mol. The second-order valence-electron chi connectivity index (χ2n) is 4.57. The molecule has 5 nitrogen and oxygen atoms in total. The van der Waals surface area contributed by atoms with Crippen LogP contribution in [0.25, 0.3) is 10.6 Å². The van der Waals surface area contributed by atoms with Crippen LogP contribution in [-0.4, -0.2) is 23.8 Å². The second kappa shape index (κ2) is 5.95. The molecule has 0 atom stereocenters. The average molecular weight is 316 g/mol. The third-order valence-electron chi connectivity index (χ3n) is 2.64. The summed E-state index contributed by atoms with van der Waals surface area (Å²) in [7, 11) is 1.32. The molecule has 0 aromatic carbocycles. The van der Waals surface area contributed by atoms with Crippen LogP contribution in [0, 0.1) is 0 Å². The topological polar surface area (TPSA) is 61.6 Å². The molecule has 0 aliphatic rings. The summed E-state index contributed by atoms with van der Waals surface area (Å²) in [4.78, 5) is 12.4. The maximum Gasteiger partial charge on any atom is 0.337 e. The van der Waals surface area contributed by atoms with Gasteiger partial charge in [-0.05, 0) is 26.0 Å². The Labute approximate surface area is 125 Å². The number of carbonyl (C=O) groups excluding carboxylic acids is 1. The lowest BCUT2D eigenvalue weighted by Crippen LogP contribution is -2.35. The normalized spacial score (nSPS) is 11.6. The van der Waals surface area contributed by atoms with E-state index in [1.807, 2.05) is 6.07 Å². The third kappa shape index (κ3) is 3.39. The Morgan fingerprint density at radius 1 is 1.50 bits per heavy atom. The van der Waals surface area contributed by atoms with Crippen LogP contribution < -0.4 is 0 Å². The van der Waals surface area contributed by atoms with Gasteiger partial charge in [-0.2, -0.15) is 0 Å². The number of carbonyl (C=O) groups is 1. The predicted octanol–water partition coefficient (Wildman–Crippen LogP) is 3.52. The van der Waals surface area contributed by atoms with Gasteiger partial charge in [-0.3, -0.25) is 0 Å². The van der Waals surface area contributed by atoms with Gasteiger partial charge in [-0.1, -0.05) is 16.8 Å². The number of ether oxygens (including phenoxy) is 2. The fourth-order valence-corrected chi connectivity index (χ4v) is 2.50. The molecule has 2 heterocycles. The Hall–Kier alpha value is -1.37. The summed E-state index contributed by atoms with van der Waals surface area (Å²) in [6.45, 7) is 3.40. The molecule has 0 radical (unpaired) electrons. The first kappa shape index (κ1) is 15.0. The molecule has 0 aliphatic heterocycles. The van der Waals surface area contributed by atoms with Crippen LogP contribution in [0.15, 0.2) is 22.7 Å². The molecule has 108 valence electrons. The van der Waals surface area contributed by atoms with Gasteiger partial charge in [0.25, 0.3) is 0 Å². The van der Waals surface area contributed by atoms with Crippen LogP contribution in [0.4, 0.5) is 0 Å². The maximum atomic E-state index is 11.5. The summed E-state index contributed by atoms with van der Waals surface area (Å²) in [5.74, 6) is 0.0868. The molecule has 7 heteroatoms. The van der Waals surface area contributed by atoms with Gasteiger partial charge in [0.1, 0.15) is 12.3 Å². The van der Waals surface area contributed by atoms with E-state index in [0.717, 1.165) is 4.88 Å². The standard InChI is InChI=1S/C13H14ClNO4S/c1-13(2,12(16)17-3)18-7-8-6-9(15-19-8)10-4-5-11(14)20-10/h4-6H,7H2,1-3H3. The molecule has 0 N–H and O–H groups in total. The van der Waals surface area contributed by atoms with Gasteiger partial charge in [-0.25, -0.2) is 4.79 Å². The van der Waals surface area contributed by atoms with Gasteiger partial charge < -0.3 is 14.0 Å². The van der Waals surface area contributed by atoms with Crippen molar-refractivity contribution >= 4 is 28.9 Å².